The van der Waals surface area contributed by atoms with Crippen molar-refractivity contribution in [3.8, 4) is 0 Å². The SMILES string of the molecule is C[C@]1(C(=O)NCc2ccccc2)CCCN(C(=O)c2ccccc2Br)C1. The molecule has 2 aromatic carbocycles. The summed E-state index contributed by atoms with van der Waals surface area (Å²) in [5.41, 5.74) is 1.15. The Labute approximate surface area is 162 Å². The van der Waals surface area contributed by atoms with Gasteiger partial charge in [-0.1, -0.05) is 42.5 Å². The van der Waals surface area contributed by atoms with Crippen LogP contribution in [0.25, 0.3) is 0 Å². The van der Waals surface area contributed by atoms with Gasteiger partial charge in [-0.25, -0.2) is 0 Å². The van der Waals surface area contributed by atoms with Gasteiger partial charge in [-0.15, -0.1) is 0 Å². The lowest BCUT2D eigenvalue weighted by Crippen LogP contribution is -2.51. The van der Waals surface area contributed by atoms with Gasteiger partial charge in [0.1, 0.15) is 0 Å². The summed E-state index contributed by atoms with van der Waals surface area (Å²) in [6.45, 7) is 3.58. The topological polar surface area (TPSA) is 49.4 Å². The Kier molecular flexibility index (Phi) is 5.77. The Bertz CT molecular complexity index is 794. The minimum absolute atomic E-state index is 0.00554. The summed E-state index contributed by atoms with van der Waals surface area (Å²) in [5.74, 6) is -0.0229. The zero-order valence-corrected chi connectivity index (χ0v) is 16.5. The van der Waals surface area contributed by atoms with Gasteiger partial charge in [-0.05, 0) is 53.4 Å². The van der Waals surface area contributed by atoms with E-state index in [0.29, 0.717) is 25.2 Å². The van der Waals surface area contributed by atoms with Gasteiger partial charge in [0.25, 0.3) is 5.91 Å². The van der Waals surface area contributed by atoms with Crippen molar-refractivity contribution >= 4 is 27.7 Å². The monoisotopic (exact) mass is 414 g/mol. The fourth-order valence-electron chi connectivity index (χ4n) is 3.39. The lowest BCUT2D eigenvalue weighted by molar-refractivity contribution is -0.132. The van der Waals surface area contributed by atoms with Crippen LogP contribution >= 0.6 is 15.9 Å². The minimum atomic E-state index is -0.566. The Morgan fingerprint density at radius 3 is 2.54 bits per heavy atom. The van der Waals surface area contributed by atoms with Crippen LogP contribution < -0.4 is 5.32 Å². The average molecular weight is 415 g/mol. The Morgan fingerprint density at radius 1 is 1.12 bits per heavy atom. The van der Waals surface area contributed by atoms with Gasteiger partial charge in [0.2, 0.25) is 5.91 Å². The molecule has 0 aliphatic carbocycles. The molecule has 1 atom stereocenters. The lowest BCUT2D eigenvalue weighted by atomic mass is 9.80. The van der Waals surface area contributed by atoms with E-state index in [0.717, 1.165) is 22.9 Å². The molecule has 2 amide bonds. The number of benzene rings is 2. The van der Waals surface area contributed by atoms with Crippen LogP contribution in [0.2, 0.25) is 0 Å². The summed E-state index contributed by atoms with van der Waals surface area (Å²) in [7, 11) is 0. The summed E-state index contributed by atoms with van der Waals surface area (Å²) in [6, 6.07) is 17.3. The maximum absolute atomic E-state index is 12.9. The second-order valence-corrected chi connectivity index (χ2v) is 7.89. The van der Waals surface area contributed by atoms with Crippen LogP contribution in [-0.4, -0.2) is 29.8 Å². The van der Waals surface area contributed by atoms with Crippen LogP contribution in [0.15, 0.2) is 59.1 Å². The molecule has 5 heteroatoms. The number of hydrogen-bond acceptors (Lipinski definition) is 2. The molecular weight excluding hydrogens is 392 g/mol. The van der Waals surface area contributed by atoms with Crippen molar-refractivity contribution in [2.75, 3.05) is 13.1 Å². The molecule has 0 unspecified atom stereocenters. The first-order valence-electron chi connectivity index (χ1n) is 8.86. The summed E-state index contributed by atoms with van der Waals surface area (Å²) < 4.78 is 0.783. The molecule has 1 fully saturated rings. The molecule has 1 saturated heterocycles. The number of carbonyl (C=O) groups is 2. The average Bonchev–Trinajstić information content (AvgIpc) is 2.67. The number of nitrogens with zero attached hydrogens (tertiary/aromatic N) is 1. The molecule has 1 N–H and O–H groups in total. The standard InChI is InChI=1S/C21H23BrN2O2/c1-21(20(26)23-14-16-8-3-2-4-9-16)12-7-13-24(15-21)19(25)17-10-5-6-11-18(17)22/h2-6,8-11H,7,12-15H2,1H3,(H,23,26)/t21-/m0/s1. The van der Waals surface area contributed by atoms with Gasteiger partial charge in [-0.2, -0.15) is 0 Å². The van der Waals surface area contributed by atoms with Crippen molar-refractivity contribution in [2.45, 2.75) is 26.3 Å². The number of hydrogen-bond donors (Lipinski definition) is 1. The zero-order valence-electron chi connectivity index (χ0n) is 14.9. The van der Waals surface area contributed by atoms with Crippen LogP contribution in [-0.2, 0) is 11.3 Å². The first kappa shape index (κ1) is 18.6. The molecule has 2 aromatic rings. The van der Waals surface area contributed by atoms with Gasteiger partial charge in [0, 0.05) is 24.1 Å². The molecule has 1 aliphatic rings. The molecule has 136 valence electrons. The van der Waals surface area contributed by atoms with E-state index in [9.17, 15) is 9.59 Å². The van der Waals surface area contributed by atoms with Crippen LogP contribution in [0.1, 0.15) is 35.7 Å². The van der Waals surface area contributed by atoms with Gasteiger partial charge in [0.05, 0.1) is 11.0 Å². The maximum Gasteiger partial charge on any atom is 0.255 e. The fraction of sp³-hybridized carbons (Fsp3) is 0.333. The smallest absolute Gasteiger partial charge is 0.255 e. The second-order valence-electron chi connectivity index (χ2n) is 7.04. The molecule has 0 spiro atoms. The van der Waals surface area contributed by atoms with Crippen molar-refractivity contribution in [1.29, 1.82) is 0 Å². The second kappa shape index (κ2) is 8.04. The third kappa shape index (κ3) is 4.15. The van der Waals surface area contributed by atoms with E-state index >= 15 is 0 Å². The molecule has 0 aromatic heterocycles. The van der Waals surface area contributed by atoms with Crippen LogP contribution in [0.3, 0.4) is 0 Å². The fourth-order valence-corrected chi connectivity index (χ4v) is 3.85. The largest absolute Gasteiger partial charge is 0.351 e. The highest BCUT2D eigenvalue weighted by Gasteiger charge is 2.39. The van der Waals surface area contributed by atoms with Crippen molar-refractivity contribution in [3.63, 3.8) is 0 Å². The number of halogens is 1. The molecule has 1 heterocycles. The number of rotatable bonds is 4. The third-order valence-electron chi connectivity index (χ3n) is 4.93. The number of nitrogens with one attached hydrogen (secondary N) is 1. The van der Waals surface area contributed by atoms with Gasteiger partial charge in [0.15, 0.2) is 0 Å². The highest BCUT2D eigenvalue weighted by molar-refractivity contribution is 9.10. The van der Waals surface area contributed by atoms with E-state index in [1.807, 2.05) is 61.5 Å². The van der Waals surface area contributed by atoms with E-state index in [-0.39, 0.29) is 11.8 Å². The Hall–Kier alpha value is -2.14. The van der Waals surface area contributed by atoms with Crippen LogP contribution in [0, 0.1) is 5.41 Å². The summed E-state index contributed by atoms with van der Waals surface area (Å²) in [5, 5.41) is 3.03. The molecule has 0 bridgehead atoms. The minimum Gasteiger partial charge on any atom is -0.351 e. The predicted molar refractivity (Wildman–Crippen MR) is 106 cm³/mol. The van der Waals surface area contributed by atoms with Crippen LogP contribution in [0.5, 0.6) is 0 Å². The highest BCUT2D eigenvalue weighted by atomic mass is 79.9. The first-order valence-corrected chi connectivity index (χ1v) is 9.65. The normalized spacial score (nSPS) is 19.8. The maximum atomic E-state index is 12.9. The zero-order chi connectivity index (χ0) is 18.6. The molecule has 4 nitrogen and oxygen atoms in total. The molecular formula is C21H23BrN2O2. The number of piperidine rings is 1. The number of likely N-dealkylation sites (tertiary alicyclic amines) is 1. The van der Waals surface area contributed by atoms with Crippen molar-refractivity contribution < 1.29 is 9.59 Å². The molecule has 0 radical (unpaired) electrons. The van der Waals surface area contributed by atoms with Gasteiger partial charge >= 0.3 is 0 Å². The van der Waals surface area contributed by atoms with Crippen molar-refractivity contribution in [1.82, 2.24) is 10.2 Å². The van der Waals surface area contributed by atoms with Crippen LogP contribution in [0.4, 0.5) is 0 Å². The quantitative estimate of drug-likeness (QED) is 0.821. The van der Waals surface area contributed by atoms with E-state index in [2.05, 4.69) is 21.2 Å². The van der Waals surface area contributed by atoms with Crippen molar-refractivity contribution in [3.05, 3.63) is 70.2 Å². The van der Waals surface area contributed by atoms with Gasteiger partial charge < -0.3 is 10.2 Å². The lowest BCUT2D eigenvalue weighted by Gasteiger charge is -2.39. The molecule has 26 heavy (non-hydrogen) atoms. The van der Waals surface area contributed by atoms with Crippen molar-refractivity contribution in [2.24, 2.45) is 5.41 Å². The Balaban J connectivity index is 1.67. The molecule has 1 aliphatic heterocycles. The predicted octanol–water partition coefficient (Wildman–Crippen LogP) is 4.01. The number of carbonyl (C=O) groups excluding carboxylic acids is 2. The van der Waals surface area contributed by atoms with E-state index in [4.69, 9.17) is 0 Å². The molecule has 3 rings (SSSR count). The first-order chi connectivity index (χ1) is 12.5. The molecule has 0 saturated carbocycles. The number of amides is 2. The summed E-state index contributed by atoms with van der Waals surface area (Å²) in [4.78, 5) is 27.5. The van der Waals surface area contributed by atoms with E-state index in [1.54, 1.807) is 4.90 Å². The Morgan fingerprint density at radius 2 is 1.81 bits per heavy atom. The highest BCUT2D eigenvalue weighted by Crippen LogP contribution is 2.31. The summed E-state index contributed by atoms with van der Waals surface area (Å²) >= 11 is 3.44. The van der Waals surface area contributed by atoms with E-state index < -0.39 is 5.41 Å². The summed E-state index contributed by atoms with van der Waals surface area (Å²) in [6.07, 6.45) is 1.61. The van der Waals surface area contributed by atoms with Gasteiger partial charge in [-0.3, -0.25) is 9.59 Å². The third-order valence-corrected chi connectivity index (χ3v) is 5.62. The van der Waals surface area contributed by atoms with E-state index in [1.165, 1.54) is 0 Å².